The van der Waals surface area contributed by atoms with Gasteiger partial charge < -0.3 is 9.67 Å². The van der Waals surface area contributed by atoms with E-state index in [9.17, 15) is 14.7 Å². The number of fused-ring (bicyclic) bond motifs is 6. The van der Waals surface area contributed by atoms with Crippen LogP contribution in [0.1, 0.15) is 74.5 Å². The number of aliphatic carboxylic acids is 1. The van der Waals surface area contributed by atoms with Crippen molar-refractivity contribution in [3.63, 3.8) is 0 Å². The van der Waals surface area contributed by atoms with E-state index in [1.807, 2.05) is 6.08 Å². The molecule has 1 aromatic heterocycles. The third-order valence-corrected chi connectivity index (χ3v) is 7.87. The van der Waals surface area contributed by atoms with Crippen molar-refractivity contribution in [2.45, 2.75) is 69.7 Å². The molecule has 0 spiro atoms. The van der Waals surface area contributed by atoms with Crippen LogP contribution in [-0.2, 0) is 16.1 Å². The molecule has 1 N–H and O–H groups in total. The van der Waals surface area contributed by atoms with Gasteiger partial charge in [-0.15, -0.1) is 0 Å². The second-order valence-electron chi connectivity index (χ2n) is 9.54. The molecule has 1 aliphatic heterocycles. The van der Waals surface area contributed by atoms with Crippen LogP contribution in [-0.4, -0.2) is 21.4 Å². The highest BCUT2D eigenvalue weighted by Crippen LogP contribution is 2.48. The smallest absolute Gasteiger partial charge is 0.336 e. The Hall–Kier alpha value is -2.88. The molecule has 158 valence electrons. The summed E-state index contributed by atoms with van der Waals surface area (Å²) >= 11 is 0. The van der Waals surface area contributed by atoms with Crippen LogP contribution in [0.25, 0.3) is 10.9 Å². The molecule has 0 saturated heterocycles. The number of para-hydroxylation sites is 1. The summed E-state index contributed by atoms with van der Waals surface area (Å²) in [6.45, 7) is 0.570. The second kappa shape index (κ2) is 7.08. The van der Waals surface area contributed by atoms with Crippen molar-refractivity contribution in [2.75, 3.05) is 0 Å². The largest absolute Gasteiger partial charge is 0.478 e. The fraction of sp³-hybridized carbons (Fsp3) is 0.407. The van der Waals surface area contributed by atoms with E-state index in [-0.39, 0.29) is 5.92 Å². The first-order chi connectivity index (χ1) is 15.1. The van der Waals surface area contributed by atoms with Crippen molar-refractivity contribution in [3.05, 3.63) is 70.0 Å². The SMILES string of the molecule is O=C1CCC2=C3C=CC(C(=O)O)=C3Cn3c(cc4cccc(C5CCCCC5)c43)C2C1. The highest BCUT2D eigenvalue weighted by Gasteiger charge is 2.36. The third-order valence-electron chi connectivity index (χ3n) is 7.87. The number of Topliss-reactive ketones (excluding diaryl/α,β-unsaturated/α-hetero) is 1. The van der Waals surface area contributed by atoms with Gasteiger partial charge in [-0.05, 0) is 54.0 Å². The van der Waals surface area contributed by atoms with Crippen LogP contribution in [0.5, 0.6) is 0 Å². The minimum absolute atomic E-state index is 0.0538. The molecule has 2 heterocycles. The van der Waals surface area contributed by atoms with E-state index < -0.39 is 5.97 Å². The maximum Gasteiger partial charge on any atom is 0.336 e. The van der Waals surface area contributed by atoms with Crippen molar-refractivity contribution in [1.82, 2.24) is 4.57 Å². The molecule has 4 nitrogen and oxygen atoms in total. The molecule has 6 rings (SSSR count). The number of carboxylic acid groups (broad SMARTS) is 1. The van der Waals surface area contributed by atoms with Crippen LogP contribution >= 0.6 is 0 Å². The molecule has 2 aromatic rings. The first-order valence-corrected chi connectivity index (χ1v) is 11.6. The Kier molecular flexibility index (Phi) is 4.31. The zero-order chi connectivity index (χ0) is 21.1. The zero-order valence-corrected chi connectivity index (χ0v) is 17.7. The predicted molar refractivity (Wildman–Crippen MR) is 120 cm³/mol. The number of carbonyl (C=O) groups is 2. The van der Waals surface area contributed by atoms with Crippen LogP contribution in [0.15, 0.2) is 58.7 Å². The van der Waals surface area contributed by atoms with E-state index in [1.165, 1.54) is 59.8 Å². The molecule has 1 atom stereocenters. The van der Waals surface area contributed by atoms with Gasteiger partial charge in [-0.2, -0.15) is 0 Å². The fourth-order valence-electron chi connectivity index (χ4n) is 6.43. The molecule has 2 saturated carbocycles. The lowest BCUT2D eigenvalue weighted by Crippen LogP contribution is -2.18. The molecule has 0 radical (unpaired) electrons. The number of benzene rings is 1. The molecule has 1 aromatic carbocycles. The first-order valence-electron chi connectivity index (χ1n) is 11.6. The Morgan fingerprint density at radius 3 is 2.71 bits per heavy atom. The Balaban J connectivity index is 1.61. The topological polar surface area (TPSA) is 59.3 Å². The average molecular weight is 414 g/mol. The molecule has 4 aliphatic rings. The molecule has 1 unspecified atom stereocenters. The van der Waals surface area contributed by atoms with Crippen molar-refractivity contribution >= 4 is 22.7 Å². The summed E-state index contributed by atoms with van der Waals surface area (Å²) in [7, 11) is 0. The first kappa shape index (κ1) is 18.9. The monoisotopic (exact) mass is 413 g/mol. The van der Waals surface area contributed by atoms with Crippen LogP contribution < -0.4 is 0 Å². The molecule has 4 heteroatoms. The Bertz CT molecular complexity index is 1220. The number of ketones is 1. The third kappa shape index (κ3) is 2.88. The number of carboxylic acids is 1. The normalized spacial score (nSPS) is 23.7. The number of hydrogen-bond acceptors (Lipinski definition) is 2. The zero-order valence-electron chi connectivity index (χ0n) is 17.7. The lowest BCUT2D eigenvalue weighted by atomic mass is 9.78. The van der Waals surface area contributed by atoms with Gasteiger partial charge in [0.2, 0.25) is 0 Å². The standard InChI is InChI=1S/C27H27NO3/c29-18-9-10-20-21-11-12-22(27(30)31)24(21)15-28-25(23(20)14-18)13-17-7-4-8-19(26(17)28)16-5-2-1-3-6-16/h4,7-8,11-13,16,23H,1-3,5-6,9-10,14-15H2,(H,30,31). The van der Waals surface area contributed by atoms with E-state index in [0.717, 1.165) is 17.6 Å². The van der Waals surface area contributed by atoms with Crippen LogP contribution in [0.3, 0.4) is 0 Å². The number of nitrogens with zero attached hydrogens (tertiary/aromatic N) is 1. The lowest BCUT2D eigenvalue weighted by molar-refractivity contribution is -0.132. The van der Waals surface area contributed by atoms with Gasteiger partial charge in [0.1, 0.15) is 5.78 Å². The molecule has 0 bridgehead atoms. The van der Waals surface area contributed by atoms with Crippen molar-refractivity contribution < 1.29 is 14.7 Å². The molecular weight excluding hydrogens is 386 g/mol. The number of hydrogen-bond donors (Lipinski definition) is 1. The minimum atomic E-state index is -0.863. The van der Waals surface area contributed by atoms with Crippen molar-refractivity contribution in [2.24, 2.45) is 0 Å². The van der Waals surface area contributed by atoms with Gasteiger partial charge in [-0.3, -0.25) is 4.79 Å². The minimum Gasteiger partial charge on any atom is -0.478 e. The van der Waals surface area contributed by atoms with Gasteiger partial charge in [-0.1, -0.05) is 49.1 Å². The number of allylic oxidation sites excluding steroid dienone is 4. The van der Waals surface area contributed by atoms with Gasteiger partial charge >= 0.3 is 5.97 Å². The van der Waals surface area contributed by atoms with Gasteiger partial charge in [0, 0.05) is 36.4 Å². The van der Waals surface area contributed by atoms with Crippen molar-refractivity contribution in [1.29, 1.82) is 0 Å². The summed E-state index contributed by atoms with van der Waals surface area (Å²) in [5.41, 5.74) is 7.49. The average Bonchev–Trinajstić information content (AvgIpc) is 3.33. The maximum atomic E-state index is 12.5. The summed E-state index contributed by atoms with van der Waals surface area (Å²) in [6, 6.07) is 8.89. The number of carbonyl (C=O) groups excluding carboxylic acids is 1. The van der Waals surface area contributed by atoms with E-state index >= 15 is 0 Å². The summed E-state index contributed by atoms with van der Waals surface area (Å²) in [6.07, 6.45) is 11.9. The van der Waals surface area contributed by atoms with Gasteiger partial charge in [0.05, 0.1) is 11.1 Å². The number of rotatable bonds is 2. The highest BCUT2D eigenvalue weighted by molar-refractivity contribution is 5.95. The Morgan fingerprint density at radius 2 is 1.90 bits per heavy atom. The van der Waals surface area contributed by atoms with Gasteiger partial charge in [0.15, 0.2) is 0 Å². The molecule has 31 heavy (non-hydrogen) atoms. The van der Waals surface area contributed by atoms with E-state index in [2.05, 4.69) is 28.8 Å². The summed E-state index contributed by atoms with van der Waals surface area (Å²) < 4.78 is 2.36. The Morgan fingerprint density at radius 1 is 1.06 bits per heavy atom. The molecule has 3 aliphatic carbocycles. The van der Waals surface area contributed by atoms with E-state index in [1.54, 1.807) is 6.08 Å². The molecule has 0 amide bonds. The number of aromatic nitrogens is 1. The maximum absolute atomic E-state index is 12.5. The van der Waals surface area contributed by atoms with Crippen molar-refractivity contribution in [3.8, 4) is 0 Å². The van der Waals surface area contributed by atoms with E-state index in [4.69, 9.17) is 0 Å². The van der Waals surface area contributed by atoms with Crippen LogP contribution in [0.4, 0.5) is 0 Å². The van der Waals surface area contributed by atoms with Gasteiger partial charge in [-0.25, -0.2) is 4.79 Å². The quantitative estimate of drug-likeness (QED) is 0.678. The second-order valence-corrected chi connectivity index (χ2v) is 9.54. The predicted octanol–water partition coefficient (Wildman–Crippen LogP) is 5.79. The lowest BCUT2D eigenvalue weighted by Gasteiger charge is -2.26. The van der Waals surface area contributed by atoms with Gasteiger partial charge in [0.25, 0.3) is 0 Å². The highest BCUT2D eigenvalue weighted by atomic mass is 16.4. The van der Waals surface area contributed by atoms with Crippen LogP contribution in [0.2, 0.25) is 0 Å². The van der Waals surface area contributed by atoms with E-state index in [0.29, 0.717) is 36.7 Å². The summed E-state index contributed by atoms with van der Waals surface area (Å²) in [5.74, 6) is 0.0663. The fourth-order valence-corrected chi connectivity index (χ4v) is 6.43. The molecule has 2 fully saturated rings. The van der Waals surface area contributed by atoms with Crippen LogP contribution in [0, 0.1) is 0 Å². The summed E-state index contributed by atoms with van der Waals surface area (Å²) in [4.78, 5) is 24.5. The summed E-state index contributed by atoms with van der Waals surface area (Å²) in [5, 5.41) is 11.1. The Labute approximate surface area is 181 Å². The molecular formula is C27H27NO3.